The Morgan fingerprint density at radius 2 is 1.97 bits per heavy atom. The van der Waals surface area contributed by atoms with Crippen LogP contribution >= 0.6 is 0 Å². The number of hydrogen-bond acceptors (Lipinski definition) is 9. The molecule has 10 nitrogen and oxygen atoms in total. The summed E-state index contributed by atoms with van der Waals surface area (Å²) in [5, 5.41) is 7.84. The zero-order chi connectivity index (χ0) is 23.2. The van der Waals surface area contributed by atoms with Crippen LogP contribution in [0.3, 0.4) is 0 Å². The van der Waals surface area contributed by atoms with Crippen molar-refractivity contribution in [2.24, 2.45) is 0 Å². The van der Waals surface area contributed by atoms with Crippen LogP contribution in [0.5, 0.6) is 11.5 Å². The van der Waals surface area contributed by atoms with Gasteiger partial charge in [-0.05, 0) is 35.9 Å². The number of nitrogens with zero attached hydrogens (tertiary/aromatic N) is 5. The molecule has 0 N–H and O–H groups in total. The first-order chi connectivity index (χ1) is 16.0. The van der Waals surface area contributed by atoms with E-state index in [9.17, 15) is 13.6 Å². The smallest absolute Gasteiger partial charge is 0.387 e. The van der Waals surface area contributed by atoms with E-state index in [1.54, 1.807) is 35.3 Å². The molecule has 0 aliphatic rings. The summed E-state index contributed by atoms with van der Waals surface area (Å²) in [4.78, 5) is 20.3. The van der Waals surface area contributed by atoms with E-state index >= 15 is 0 Å². The van der Waals surface area contributed by atoms with E-state index in [4.69, 9.17) is 14.0 Å². The van der Waals surface area contributed by atoms with Crippen molar-refractivity contribution < 1.29 is 32.3 Å². The number of esters is 1. The summed E-state index contributed by atoms with van der Waals surface area (Å²) in [6, 6.07) is 11.1. The van der Waals surface area contributed by atoms with Gasteiger partial charge in [-0.3, -0.25) is 0 Å². The first kappa shape index (κ1) is 21.9. The zero-order valence-electron chi connectivity index (χ0n) is 17.2. The van der Waals surface area contributed by atoms with E-state index in [0.29, 0.717) is 17.7 Å². The quantitative estimate of drug-likeness (QED) is 0.349. The highest BCUT2D eigenvalue weighted by Crippen LogP contribution is 2.32. The Hall–Kier alpha value is -4.35. The molecule has 0 aliphatic carbocycles. The largest absolute Gasteiger partial charge is 0.493 e. The molecule has 2 aromatic carbocycles. The molecule has 2 aromatic heterocycles. The molecule has 0 bridgehead atoms. The van der Waals surface area contributed by atoms with E-state index in [0.717, 1.165) is 5.56 Å². The van der Waals surface area contributed by atoms with E-state index in [1.165, 1.54) is 31.6 Å². The van der Waals surface area contributed by atoms with Crippen molar-refractivity contribution in [1.82, 2.24) is 24.9 Å². The number of carbonyl (C=O) groups is 1. The number of ether oxygens (including phenoxy) is 3. The van der Waals surface area contributed by atoms with Gasteiger partial charge in [0.15, 0.2) is 18.1 Å². The maximum Gasteiger partial charge on any atom is 0.387 e. The Balaban J connectivity index is 1.36. The number of alkyl halides is 2. The second kappa shape index (κ2) is 9.85. The summed E-state index contributed by atoms with van der Waals surface area (Å²) < 4.78 is 46.4. The first-order valence-corrected chi connectivity index (χ1v) is 9.56. The van der Waals surface area contributed by atoms with Crippen LogP contribution in [0.25, 0.3) is 11.4 Å². The fourth-order valence-electron chi connectivity index (χ4n) is 2.89. The molecule has 0 unspecified atom stereocenters. The van der Waals surface area contributed by atoms with Crippen LogP contribution < -0.4 is 9.47 Å². The van der Waals surface area contributed by atoms with Crippen LogP contribution in [0.2, 0.25) is 0 Å². The minimum Gasteiger partial charge on any atom is -0.493 e. The van der Waals surface area contributed by atoms with Gasteiger partial charge >= 0.3 is 12.6 Å². The van der Waals surface area contributed by atoms with Crippen molar-refractivity contribution in [2.75, 3.05) is 7.11 Å². The van der Waals surface area contributed by atoms with Crippen molar-refractivity contribution in [3.05, 3.63) is 72.1 Å². The molecule has 0 amide bonds. The normalized spacial score (nSPS) is 10.9. The summed E-state index contributed by atoms with van der Waals surface area (Å²) in [7, 11) is 1.32. The average molecular weight is 457 g/mol. The van der Waals surface area contributed by atoms with Crippen molar-refractivity contribution >= 4 is 5.97 Å². The fraction of sp³-hybridized carbons (Fsp3) is 0.190. The third kappa shape index (κ3) is 5.47. The molecule has 33 heavy (non-hydrogen) atoms. The van der Waals surface area contributed by atoms with Gasteiger partial charge in [-0.1, -0.05) is 17.3 Å². The third-order valence-corrected chi connectivity index (χ3v) is 4.43. The molecule has 0 spiro atoms. The molecule has 0 saturated heterocycles. The number of aromatic nitrogens is 5. The Bertz CT molecular complexity index is 1210. The van der Waals surface area contributed by atoms with Crippen LogP contribution in [-0.2, 0) is 17.9 Å². The monoisotopic (exact) mass is 457 g/mol. The number of benzene rings is 2. The summed E-state index contributed by atoms with van der Waals surface area (Å²) in [5.41, 5.74) is 1.74. The molecular weight excluding hydrogens is 440 g/mol. The Kier molecular flexibility index (Phi) is 6.53. The highest BCUT2D eigenvalue weighted by molar-refractivity contribution is 5.89. The van der Waals surface area contributed by atoms with Gasteiger partial charge in [0, 0.05) is 5.56 Å². The number of methoxy groups -OCH3 is 1. The highest BCUT2D eigenvalue weighted by Gasteiger charge is 2.16. The van der Waals surface area contributed by atoms with Gasteiger partial charge in [0.05, 0.1) is 19.2 Å². The van der Waals surface area contributed by atoms with Crippen molar-refractivity contribution in [1.29, 1.82) is 0 Å². The molecule has 4 aromatic rings. The Morgan fingerprint density at radius 1 is 1.15 bits per heavy atom. The van der Waals surface area contributed by atoms with E-state index in [1.807, 2.05) is 0 Å². The number of carbonyl (C=O) groups excluding carboxylic acids is 1. The van der Waals surface area contributed by atoms with Gasteiger partial charge in [0.2, 0.25) is 5.82 Å². The molecule has 0 aliphatic heterocycles. The number of hydrogen-bond donors (Lipinski definition) is 0. The molecular formula is C21H17F2N5O5. The number of rotatable bonds is 9. The van der Waals surface area contributed by atoms with Gasteiger partial charge < -0.3 is 18.7 Å². The lowest BCUT2D eigenvalue weighted by molar-refractivity contribution is -0.0512. The predicted octanol–water partition coefficient (Wildman–Crippen LogP) is 3.34. The maximum absolute atomic E-state index is 12.5. The lowest BCUT2D eigenvalue weighted by Gasteiger charge is -2.10. The summed E-state index contributed by atoms with van der Waals surface area (Å²) in [6.45, 7) is -2.70. The SMILES string of the molecule is COc1cc(-c2noc(COC(=O)c3ccc(Cn4cncn4)cc3)n2)ccc1OC(F)F. The molecule has 12 heteroatoms. The van der Waals surface area contributed by atoms with Crippen LogP contribution in [0.15, 0.2) is 59.6 Å². The van der Waals surface area contributed by atoms with Crippen molar-refractivity contribution in [3.63, 3.8) is 0 Å². The van der Waals surface area contributed by atoms with Gasteiger partial charge in [-0.15, -0.1) is 0 Å². The van der Waals surface area contributed by atoms with E-state index < -0.39 is 12.6 Å². The van der Waals surface area contributed by atoms with E-state index in [-0.39, 0.29) is 29.8 Å². The fourth-order valence-corrected chi connectivity index (χ4v) is 2.89. The van der Waals surface area contributed by atoms with Gasteiger partial charge in [-0.25, -0.2) is 14.5 Å². The van der Waals surface area contributed by atoms with Gasteiger partial charge in [-0.2, -0.15) is 18.9 Å². The van der Waals surface area contributed by atoms with Crippen LogP contribution in [0.1, 0.15) is 21.8 Å². The van der Waals surface area contributed by atoms with Crippen molar-refractivity contribution in [2.45, 2.75) is 19.8 Å². The van der Waals surface area contributed by atoms with Crippen LogP contribution in [0.4, 0.5) is 8.78 Å². The Morgan fingerprint density at radius 3 is 2.67 bits per heavy atom. The molecule has 0 saturated carbocycles. The lowest BCUT2D eigenvalue weighted by atomic mass is 10.1. The highest BCUT2D eigenvalue weighted by atomic mass is 19.3. The minimum absolute atomic E-state index is 0.0630. The topological polar surface area (TPSA) is 114 Å². The molecule has 4 rings (SSSR count). The van der Waals surface area contributed by atoms with Crippen LogP contribution in [0, 0.1) is 0 Å². The van der Waals surface area contributed by atoms with Gasteiger partial charge in [0.25, 0.3) is 5.89 Å². The minimum atomic E-state index is -2.99. The molecule has 0 atom stereocenters. The van der Waals surface area contributed by atoms with Gasteiger partial charge in [0.1, 0.15) is 12.7 Å². The van der Waals surface area contributed by atoms with Crippen molar-refractivity contribution in [3.8, 4) is 22.9 Å². The maximum atomic E-state index is 12.5. The predicted molar refractivity (Wildman–Crippen MR) is 108 cm³/mol. The molecule has 170 valence electrons. The van der Waals surface area contributed by atoms with Crippen LogP contribution in [-0.4, -0.2) is 44.6 Å². The average Bonchev–Trinajstić information content (AvgIpc) is 3.50. The lowest BCUT2D eigenvalue weighted by Crippen LogP contribution is -2.06. The number of halogens is 2. The molecule has 2 heterocycles. The summed E-state index contributed by atoms with van der Waals surface area (Å²) in [5.74, 6) is -0.371. The second-order valence-corrected chi connectivity index (χ2v) is 6.62. The summed E-state index contributed by atoms with van der Waals surface area (Å²) in [6.07, 6.45) is 3.05. The third-order valence-electron chi connectivity index (χ3n) is 4.43. The molecule has 0 fully saturated rings. The first-order valence-electron chi connectivity index (χ1n) is 9.56. The summed E-state index contributed by atoms with van der Waals surface area (Å²) >= 11 is 0. The second-order valence-electron chi connectivity index (χ2n) is 6.62. The standard InChI is InChI=1S/C21H17F2N5O5/c1-30-17-8-15(6-7-16(17)32-21(22)23)19-26-18(33-27-19)10-31-20(29)14-4-2-13(3-5-14)9-28-12-24-11-25-28/h2-8,11-12,21H,9-10H2,1H3. The molecule has 0 radical (unpaired) electrons. The zero-order valence-corrected chi connectivity index (χ0v) is 17.2. The Labute approximate surface area is 185 Å². The van der Waals surface area contributed by atoms with E-state index in [2.05, 4.69) is 25.0 Å².